The highest BCUT2D eigenvalue weighted by Crippen LogP contribution is 2.29. The van der Waals surface area contributed by atoms with E-state index in [1.807, 2.05) is 6.07 Å². The lowest BCUT2D eigenvalue weighted by atomic mass is 10.0. The summed E-state index contributed by atoms with van der Waals surface area (Å²) in [6.07, 6.45) is 2.97. The number of nitrogens with zero attached hydrogens (tertiary/aromatic N) is 4. The van der Waals surface area contributed by atoms with Crippen LogP contribution in [0.25, 0.3) is 15.9 Å². The zero-order chi connectivity index (χ0) is 25.9. The predicted octanol–water partition coefficient (Wildman–Crippen LogP) is 6.17. The van der Waals surface area contributed by atoms with Gasteiger partial charge < -0.3 is 14.0 Å². The van der Waals surface area contributed by atoms with E-state index in [1.165, 1.54) is 17.4 Å². The second-order valence-corrected chi connectivity index (χ2v) is 17.4. The van der Waals surface area contributed by atoms with Crippen LogP contribution in [0.15, 0.2) is 28.9 Å². The minimum Gasteiger partial charge on any atom is -0.462 e. The minimum absolute atomic E-state index is 0.238. The summed E-state index contributed by atoms with van der Waals surface area (Å²) in [5.41, 5.74) is 2.82. The predicted molar refractivity (Wildman–Crippen MR) is 147 cm³/mol. The van der Waals surface area contributed by atoms with Crippen LogP contribution >= 0.6 is 27.3 Å². The fraction of sp³-hybridized carbons (Fsp3) is 0.480. The van der Waals surface area contributed by atoms with Crippen molar-refractivity contribution in [2.45, 2.75) is 52.3 Å². The van der Waals surface area contributed by atoms with Crippen molar-refractivity contribution in [3.63, 3.8) is 0 Å². The van der Waals surface area contributed by atoms with Gasteiger partial charge in [0.05, 0.1) is 24.4 Å². The highest BCUT2D eigenvalue weighted by molar-refractivity contribution is 9.10. The van der Waals surface area contributed by atoms with Crippen LogP contribution in [0.2, 0.25) is 25.7 Å². The van der Waals surface area contributed by atoms with Crippen LogP contribution in [0, 0.1) is 5.82 Å². The monoisotopic (exact) mass is 594 g/mol. The van der Waals surface area contributed by atoms with Crippen molar-refractivity contribution in [1.29, 1.82) is 0 Å². The van der Waals surface area contributed by atoms with Crippen molar-refractivity contribution in [1.82, 2.24) is 19.4 Å². The maximum absolute atomic E-state index is 13.6. The summed E-state index contributed by atoms with van der Waals surface area (Å²) in [6.45, 7) is 12.5. The van der Waals surface area contributed by atoms with E-state index in [9.17, 15) is 9.18 Å². The number of rotatable bonds is 10. The Balaban J connectivity index is 1.50. The Labute approximate surface area is 224 Å². The molecule has 7 nitrogen and oxygen atoms in total. The molecule has 1 aliphatic rings. The van der Waals surface area contributed by atoms with Gasteiger partial charge in [-0.15, -0.1) is 11.3 Å². The summed E-state index contributed by atoms with van der Waals surface area (Å²) in [5, 5.41) is 0. The average molecular weight is 596 g/mol. The van der Waals surface area contributed by atoms with Gasteiger partial charge in [0.2, 0.25) is 0 Å². The molecule has 0 aromatic carbocycles. The summed E-state index contributed by atoms with van der Waals surface area (Å²) < 4.78 is 27.1. The Morgan fingerprint density at radius 3 is 2.75 bits per heavy atom. The van der Waals surface area contributed by atoms with Crippen molar-refractivity contribution < 1.29 is 18.7 Å². The van der Waals surface area contributed by atoms with E-state index >= 15 is 0 Å². The van der Waals surface area contributed by atoms with Crippen molar-refractivity contribution in [2.75, 3.05) is 26.3 Å². The molecule has 0 radical (unpaired) electrons. The first-order chi connectivity index (χ1) is 17.1. The number of aromatic nitrogens is 3. The van der Waals surface area contributed by atoms with Gasteiger partial charge in [-0.05, 0) is 59.1 Å². The summed E-state index contributed by atoms with van der Waals surface area (Å²) >= 11 is 4.53. The van der Waals surface area contributed by atoms with Gasteiger partial charge >= 0.3 is 5.97 Å². The zero-order valence-corrected chi connectivity index (χ0v) is 24.5. The number of hydrogen-bond donors (Lipinski definition) is 0. The largest absolute Gasteiger partial charge is 0.462 e. The molecule has 0 spiro atoms. The lowest BCUT2D eigenvalue weighted by Gasteiger charge is -2.26. The van der Waals surface area contributed by atoms with Gasteiger partial charge in [-0.25, -0.2) is 19.2 Å². The summed E-state index contributed by atoms with van der Waals surface area (Å²) in [6, 6.07) is 6.12. The lowest BCUT2D eigenvalue weighted by molar-refractivity contribution is 0.0532. The third kappa shape index (κ3) is 6.68. The molecule has 0 unspecified atom stereocenters. The molecule has 11 heteroatoms. The van der Waals surface area contributed by atoms with E-state index in [-0.39, 0.29) is 16.4 Å². The summed E-state index contributed by atoms with van der Waals surface area (Å²) in [5.74, 6) is 0.240. The Morgan fingerprint density at radius 1 is 1.28 bits per heavy atom. The molecule has 3 aromatic heterocycles. The Kier molecular flexibility index (Phi) is 8.77. The van der Waals surface area contributed by atoms with Gasteiger partial charge in [0.25, 0.3) is 0 Å². The molecule has 194 valence electrons. The van der Waals surface area contributed by atoms with Crippen LogP contribution in [-0.4, -0.2) is 59.8 Å². The first-order valence-corrected chi connectivity index (χ1v) is 17.4. The molecule has 4 rings (SSSR count). The van der Waals surface area contributed by atoms with Crippen LogP contribution in [0.5, 0.6) is 0 Å². The van der Waals surface area contributed by atoms with Crippen LogP contribution < -0.4 is 0 Å². The normalized spacial score (nSPS) is 14.9. The first-order valence-electron chi connectivity index (χ1n) is 12.1. The molecule has 0 bridgehead atoms. The Bertz CT molecular complexity index is 1270. The van der Waals surface area contributed by atoms with Gasteiger partial charge in [-0.1, -0.05) is 25.7 Å². The second kappa shape index (κ2) is 11.6. The van der Waals surface area contributed by atoms with Crippen molar-refractivity contribution >= 4 is 57.2 Å². The fourth-order valence-corrected chi connectivity index (χ4v) is 5.97. The maximum Gasteiger partial charge on any atom is 0.348 e. The topological polar surface area (TPSA) is 69.5 Å². The van der Waals surface area contributed by atoms with Crippen LogP contribution in [0.4, 0.5) is 4.39 Å². The molecule has 36 heavy (non-hydrogen) atoms. The van der Waals surface area contributed by atoms with E-state index in [0.717, 1.165) is 53.0 Å². The summed E-state index contributed by atoms with van der Waals surface area (Å²) in [7, 11) is -1.20. The highest BCUT2D eigenvalue weighted by Gasteiger charge is 2.22. The van der Waals surface area contributed by atoms with E-state index in [1.54, 1.807) is 13.0 Å². The molecule has 0 saturated carbocycles. The number of carbonyl (C=O) groups is 1. The number of halogens is 2. The van der Waals surface area contributed by atoms with Crippen molar-refractivity contribution in [3.05, 3.63) is 51.1 Å². The molecule has 0 saturated heterocycles. The molecular formula is C25H32BrFN4O3SSi. The van der Waals surface area contributed by atoms with Crippen molar-refractivity contribution in [2.24, 2.45) is 0 Å². The molecule has 3 aromatic rings. The lowest BCUT2D eigenvalue weighted by Crippen LogP contribution is -2.29. The maximum atomic E-state index is 13.6. The highest BCUT2D eigenvalue weighted by atomic mass is 79.9. The molecule has 0 aliphatic carbocycles. The average Bonchev–Trinajstić information content (AvgIpc) is 3.37. The number of thiophene rings is 1. The Morgan fingerprint density at radius 2 is 2.08 bits per heavy atom. The zero-order valence-electron chi connectivity index (χ0n) is 21.1. The molecule has 0 fully saturated rings. The van der Waals surface area contributed by atoms with E-state index in [2.05, 4.69) is 56.1 Å². The van der Waals surface area contributed by atoms with E-state index in [0.29, 0.717) is 31.4 Å². The number of esters is 1. The Hall–Kier alpha value is -1.92. The molecule has 0 atom stereocenters. The number of imidazole rings is 1. The standard InChI is InChI=1S/C25H32BrFN4O3SSi/c1-5-34-25(32)21-14-20-24(35-21)29-22(31(20)16-33-12-13-36(2,3)4)15-30-10-8-17(9-11-30)19-7-6-18(27)23(26)28-19/h6-8,14H,5,9-13,15-16H2,1-4H3. The van der Waals surface area contributed by atoms with Crippen LogP contribution in [0.3, 0.4) is 0 Å². The van der Waals surface area contributed by atoms with E-state index < -0.39 is 8.07 Å². The molecule has 0 amide bonds. The molecule has 4 heterocycles. The van der Waals surface area contributed by atoms with Crippen LogP contribution in [0.1, 0.15) is 34.5 Å². The SMILES string of the molecule is CCOC(=O)c1cc2c(nc(CN3CC=C(c4ccc(F)c(Br)n4)CC3)n2COCC[Si](C)(C)C)s1. The minimum atomic E-state index is -1.20. The number of carbonyl (C=O) groups excluding carboxylic acids is 1. The van der Waals surface area contributed by atoms with Gasteiger partial charge in [0.15, 0.2) is 5.82 Å². The smallest absolute Gasteiger partial charge is 0.348 e. The number of hydrogen-bond acceptors (Lipinski definition) is 7. The second-order valence-electron chi connectivity index (χ2n) is 10.0. The van der Waals surface area contributed by atoms with Gasteiger partial charge in [0.1, 0.15) is 26.9 Å². The number of fused-ring (bicyclic) bond motifs is 1. The molecular weight excluding hydrogens is 563 g/mol. The van der Waals surface area contributed by atoms with Gasteiger partial charge in [-0.3, -0.25) is 4.90 Å². The van der Waals surface area contributed by atoms with Crippen LogP contribution in [-0.2, 0) is 22.7 Å². The third-order valence-electron chi connectivity index (χ3n) is 6.01. The number of pyridine rings is 1. The molecule has 1 aliphatic heterocycles. The number of ether oxygens (including phenoxy) is 2. The first kappa shape index (κ1) is 27.1. The summed E-state index contributed by atoms with van der Waals surface area (Å²) in [4.78, 5) is 25.2. The quantitative estimate of drug-likeness (QED) is 0.121. The molecule has 0 N–H and O–H groups in total. The van der Waals surface area contributed by atoms with E-state index in [4.69, 9.17) is 14.5 Å². The van der Waals surface area contributed by atoms with Crippen molar-refractivity contribution in [3.8, 4) is 0 Å². The third-order valence-corrected chi connectivity index (χ3v) is 9.27. The van der Waals surface area contributed by atoms with Gasteiger partial charge in [-0.2, -0.15) is 0 Å². The van der Waals surface area contributed by atoms with Gasteiger partial charge in [0, 0.05) is 27.8 Å². The fourth-order valence-electron chi connectivity index (χ4n) is 3.95.